The van der Waals surface area contributed by atoms with Crippen LogP contribution in [0.2, 0.25) is 0 Å². The van der Waals surface area contributed by atoms with Crippen molar-refractivity contribution in [3.05, 3.63) is 46.5 Å². The van der Waals surface area contributed by atoms with E-state index in [0.717, 1.165) is 11.1 Å². The summed E-state index contributed by atoms with van der Waals surface area (Å²) >= 11 is 0. The number of fused-ring (bicyclic) bond motifs is 1. The zero-order valence-corrected chi connectivity index (χ0v) is 18.7. The highest BCUT2D eigenvalue weighted by Crippen LogP contribution is 2.48. The van der Waals surface area contributed by atoms with Crippen LogP contribution in [0.25, 0.3) is 0 Å². The zero-order chi connectivity index (χ0) is 22.7. The normalized spacial score (nSPS) is 17.5. The van der Waals surface area contributed by atoms with Gasteiger partial charge in [-0.3, -0.25) is 9.59 Å². The predicted octanol–water partition coefficient (Wildman–Crippen LogP) is 3.93. The van der Waals surface area contributed by atoms with Crippen LogP contribution in [-0.2, 0) is 9.53 Å². The van der Waals surface area contributed by atoms with Gasteiger partial charge in [-0.05, 0) is 54.8 Å². The van der Waals surface area contributed by atoms with Gasteiger partial charge in [0.2, 0.25) is 5.75 Å². The lowest BCUT2D eigenvalue weighted by Crippen LogP contribution is -2.33. The van der Waals surface area contributed by atoms with E-state index in [4.69, 9.17) is 23.7 Å². The number of methoxy groups -OCH3 is 4. The maximum absolute atomic E-state index is 13.0. The summed E-state index contributed by atoms with van der Waals surface area (Å²) in [5, 5.41) is 0. The van der Waals surface area contributed by atoms with Crippen molar-refractivity contribution in [2.45, 2.75) is 26.2 Å². The second-order valence-corrected chi connectivity index (χ2v) is 7.33. The number of rotatable bonds is 7. The van der Waals surface area contributed by atoms with Gasteiger partial charge in [0.25, 0.3) is 0 Å². The first-order valence-electron chi connectivity index (χ1n) is 10.1. The molecule has 2 aromatic rings. The first kappa shape index (κ1) is 22.5. The van der Waals surface area contributed by atoms with E-state index in [1.165, 1.54) is 21.3 Å². The fourth-order valence-electron chi connectivity index (χ4n) is 4.23. The van der Waals surface area contributed by atoms with E-state index in [-0.39, 0.29) is 18.8 Å². The Kier molecular flexibility index (Phi) is 6.73. The molecule has 0 fully saturated rings. The molecule has 0 saturated carbocycles. The third kappa shape index (κ3) is 4.04. The summed E-state index contributed by atoms with van der Waals surface area (Å²) in [5.41, 5.74) is 2.91. The van der Waals surface area contributed by atoms with E-state index in [1.807, 2.05) is 31.2 Å². The molecule has 0 aromatic heterocycles. The molecule has 0 N–H and O–H groups in total. The topological polar surface area (TPSA) is 80.3 Å². The van der Waals surface area contributed by atoms with E-state index in [0.29, 0.717) is 34.1 Å². The van der Waals surface area contributed by atoms with Crippen molar-refractivity contribution in [3.63, 3.8) is 0 Å². The molecular weight excluding hydrogens is 400 g/mol. The lowest BCUT2D eigenvalue weighted by Gasteiger charge is -2.33. The molecule has 0 spiro atoms. The highest BCUT2D eigenvalue weighted by molar-refractivity contribution is 6.02. The van der Waals surface area contributed by atoms with Crippen LogP contribution in [0.1, 0.15) is 46.3 Å². The number of carbonyl (C=O) groups excluding carboxylic acids is 2. The molecule has 3 rings (SSSR count). The summed E-state index contributed by atoms with van der Waals surface area (Å²) in [7, 11) is 6.18. The van der Waals surface area contributed by atoms with E-state index in [9.17, 15) is 9.59 Å². The van der Waals surface area contributed by atoms with Gasteiger partial charge in [-0.25, -0.2) is 0 Å². The molecule has 0 heterocycles. The Morgan fingerprint density at radius 1 is 0.935 bits per heavy atom. The molecule has 0 saturated heterocycles. The number of ketones is 1. The van der Waals surface area contributed by atoms with E-state index >= 15 is 0 Å². The van der Waals surface area contributed by atoms with Gasteiger partial charge in [0.1, 0.15) is 5.75 Å². The number of ether oxygens (including phenoxy) is 5. The minimum atomic E-state index is -0.685. The first-order valence-corrected chi connectivity index (χ1v) is 10.1. The smallest absolute Gasteiger partial charge is 0.310 e. The molecule has 0 aliphatic heterocycles. The molecule has 0 unspecified atom stereocenters. The first-order chi connectivity index (χ1) is 14.9. The van der Waals surface area contributed by atoms with Crippen LogP contribution in [0.15, 0.2) is 24.3 Å². The Bertz CT molecular complexity index is 971. The highest BCUT2D eigenvalue weighted by Gasteiger charge is 2.41. The van der Waals surface area contributed by atoms with Gasteiger partial charge in [-0.15, -0.1) is 0 Å². The molecule has 31 heavy (non-hydrogen) atoms. The average molecular weight is 428 g/mol. The van der Waals surface area contributed by atoms with Gasteiger partial charge >= 0.3 is 5.97 Å². The largest absolute Gasteiger partial charge is 0.496 e. The second kappa shape index (κ2) is 9.29. The quantitative estimate of drug-likeness (QED) is 0.618. The Labute approximate surface area is 182 Å². The lowest BCUT2D eigenvalue weighted by atomic mass is 9.70. The van der Waals surface area contributed by atoms with Gasteiger partial charge in [-0.1, -0.05) is 0 Å². The van der Waals surface area contributed by atoms with Crippen LogP contribution in [0.5, 0.6) is 23.0 Å². The minimum absolute atomic E-state index is 0.0545. The van der Waals surface area contributed by atoms with Crippen LogP contribution in [0.4, 0.5) is 0 Å². The van der Waals surface area contributed by atoms with Crippen molar-refractivity contribution in [2.75, 3.05) is 35.0 Å². The van der Waals surface area contributed by atoms with Gasteiger partial charge in [0, 0.05) is 17.9 Å². The predicted molar refractivity (Wildman–Crippen MR) is 115 cm³/mol. The lowest BCUT2D eigenvalue weighted by molar-refractivity contribution is -0.148. The molecule has 1 aliphatic carbocycles. The highest BCUT2D eigenvalue weighted by atomic mass is 16.5. The van der Waals surface area contributed by atoms with Crippen molar-refractivity contribution in [2.24, 2.45) is 5.92 Å². The molecule has 1 aliphatic rings. The van der Waals surface area contributed by atoms with E-state index in [2.05, 4.69) is 0 Å². The van der Waals surface area contributed by atoms with Crippen LogP contribution >= 0.6 is 0 Å². The Hall–Kier alpha value is -3.22. The van der Waals surface area contributed by atoms with E-state index < -0.39 is 17.8 Å². The summed E-state index contributed by atoms with van der Waals surface area (Å²) in [6.45, 7) is 3.87. The molecule has 0 radical (unpaired) electrons. The summed E-state index contributed by atoms with van der Waals surface area (Å²) in [4.78, 5) is 25.9. The van der Waals surface area contributed by atoms with Crippen LogP contribution in [-0.4, -0.2) is 46.8 Å². The molecular formula is C24H28O7. The Morgan fingerprint density at radius 2 is 1.55 bits per heavy atom. The number of hydrogen-bond donors (Lipinski definition) is 0. The van der Waals surface area contributed by atoms with Crippen molar-refractivity contribution < 1.29 is 33.3 Å². The SMILES string of the molecule is CCOC(=O)[C@@H]1CC(=O)c2cc(C)c(OC)cc2[C@H]1c1cc(OC)c(OC)c(OC)c1. The molecule has 0 amide bonds. The fourth-order valence-corrected chi connectivity index (χ4v) is 4.23. The summed E-state index contributed by atoms with van der Waals surface area (Å²) in [6, 6.07) is 7.28. The summed E-state index contributed by atoms with van der Waals surface area (Å²) in [5.74, 6) is 0.393. The monoisotopic (exact) mass is 428 g/mol. The molecule has 0 bridgehead atoms. The third-order valence-electron chi connectivity index (χ3n) is 5.65. The van der Waals surface area contributed by atoms with Crippen molar-refractivity contribution in [1.82, 2.24) is 0 Å². The average Bonchev–Trinajstić information content (AvgIpc) is 2.77. The number of hydrogen-bond acceptors (Lipinski definition) is 7. The van der Waals surface area contributed by atoms with Gasteiger partial charge in [0.15, 0.2) is 17.3 Å². The number of aryl methyl sites for hydroxylation is 1. The Morgan fingerprint density at radius 3 is 2.06 bits per heavy atom. The van der Waals surface area contributed by atoms with Gasteiger partial charge in [-0.2, -0.15) is 0 Å². The maximum atomic E-state index is 13.0. The van der Waals surface area contributed by atoms with E-state index in [1.54, 1.807) is 14.0 Å². The van der Waals surface area contributed by atoms with Crippen molar-refractivity contribution >= 4 is 11.8 Å². The maximum Gasteiger partial charge on any atom is 0.310 e. The minimum Gasteiger partial charge on any atom is -0.496 e. The van der Waals surface area contributed by atoms with Crippen LogP contribution in [0.3, 0.4) is 0 Å². The summed E-state index contributed by atoms with van der Waals surface area (Å²) in [6.07, 6.45) is 0.0545. The molecule has 166 valence electrons. The van der Waals surface area contributed by atoms with Crippen molar-refractivity contribution in [3.8, 4) is 23.0 Å². The number of benzene rings is 2. The fraction of sp³-hybridized carbons (Fsp3) is 0.417. The van der Waals surface area contributed by atoms with Gasteiger partial charge in [0.05, 0.1) is 41.0 Å². The molecule has 2 atom stereocenters. The van der Waals surface area contributed by atoms with Crippen molar-refractivity contribution in [1.29, 1.82) is 0 Å². The number of esters is 1. The number of carbonyl (C=O) groups is 2. The van der Waals surface area contributed by atoms with Crippen LogP contribution < -0.4 is 18.9 Å². The molecule has 2 aromatic carbocycles. The zero-order valence-electron chi connectivity index (χ0n) is 18.7. The third-order valence-corrected chi connectivity index (χ3v) is 5.65. The number of Topliss-reactive ketones (excluding diaryl/α,β-unsaturated/α-hetero) is 1. The molecule has 7 heteroatoms. The second-order valence-electron chi connectivity index (χ2n) is 7.33. The molecule has 7 nitrogen and oxygen atoms in total. The Balaban J connectivity index is 2.29. The summed E-state index contributed by atoms with van der Waals surface area (Å²) < 4.78 is 27.3. The standard InChI is InChI=1S/C24H28O7/c1-7-31-24(26)17-11-18(25)15-8-13(2)19(27-3)12-16(15)22(17)14-9-20(28-4)23(30-6)21(10-14)29-5/h8-10,12,17,22H,7,11H2,1-6H3/t17-,22-/m1/s1. The van der Waals surface area contributed by atoms with Gasteiger partial charge < -0.3 is 23.7 Å². The van der Waals surface area contributed by atoms with Crippen LogP contribution in [0, 0.1) is 12.8 Å².